The molecule has 2 saturated heterocycles. The van der Waals surface area contributed by atoms with Gasteiger partial charge in [-0.05, 0) is 86.1 Å². The van der Waals surface area contributed by atoms with E-state index in [1.807, 2.05) is 30.3 Å². The molecule has 0 N–H and O–H groups in total. The van der Waals surface area contributed by atoms with E-state index < -0.39 is 19.1 Å². The van der Waals surface area contributed by atoms with Crippen LogP contribution < -0.4 is 4.31 Å². The third kappa shape index (κ3) is 9.39. The molecule has 0 aliphatic carbocycles. The fourth-order valence-electron chi connectivity index (χ4n) is 7.36. The van der Waals surface area contributed by atoms with E-state index in [2.05, 4.69) is 50.7 Å². The number of hydrogen-bond acceptors (Lipinski definition) is 8. The number of halogens is 1. The summed E-state index contributed by atoms with van der Waals surface area (Å²) in [5.74, 6) is 3.04. The second kappa shape index (κ2) is 16.2. The Morgan fingerprint density at radius 2 is 1.09 bits per heavy atom. The lowest BCUT2D eigenvalue weighted by molar-refractivity contribution is 0.0610. The van der Waals surface area contributed by atoms with E-state index in [4.69, 9.17) is 30.1 Å². The van der Waals surface area contributed by atoms with Crippen molar-refractivity contribution >= 4 is 57.5 Å². The largest absolute Gasteiger partial charge is 0.381 e. The van der Waals surface area contributed by atoms with Crippen LogP contribution in [0.1, 0.15) is 78.9 Å². The van der Waals surface area contributed by atoms with Crippen LogP contribution in [0.5, 0.6) is 0 Å². The second-order valence-corrected chi connectivity index (χ2v) is 21.3. The Bertz CT molecular complexity index is 2330. The molecule has 4 heterocycles. The van der Waals surface area contributed by atoms with Gasteiger partial charge in [0.25, 0.3) is 19.1 Å². The summed E-state index contributed by atoms with van der Waals surface area (Å²) in [6, 6.07) is 19.4. The zero-order chi connectivity index (χ0) is 39.8. The number of nitrogens with zero attached hydrogens (tertiary/aromatic N) is 5. The lowest BCUT2D eigenvalue weighted by Gasteiger charge is -2.26. The molecular formula is C41H54ClN5O6S2. The molecule has 0 unspecified atom stereocenters. The maximum atomic E-state index is 13.3. The number of ether oxygens (including phenoxy) is 2. The highest BCUT2D eigenvalue weighted by atomic mass is 35.7. The van der Waals surface area contributed by atoms with E-state index in [9.17, 15) is 16.8 Å². The molecule has 5 aromatic rings. The smallest absolute Gasteiger partial charge is 0.264 e. The monoisotopic (exact) mass is 811 g/mol. The highest BCUT2D eigenvalue weighted by molar-refractivity contribution is 8.13. The number of benzene rings is 3. The second-order valence-electron chi connectivity index (χ2n) is 16.8. The Morgan fingerprint density at radius 1 is 0.673 bits per heavy atom. The maximum Gasteiger partial charge on any atom is 0.264 e. The van der Waals surface area contributed by atoms with E-state index in [1.54, 1.807) is 43.4 Å². The Labute approximate surface area is 330 Å². The summed E-state index contributed by atoms with van der Waals surface area (Å²) in [6.45, 7) is 17.8. The number of para-hydroxylation sites is 1. The van der Waals surface area contributed by atoms with Gasteiger partial charge in [-0.3, -0.25) is 4.31 Å². The molecule has 0 bridgehead atoms. The topological polar surface area (TPSA) is 126 Å². The lowest BCUT2D eigenvalue weighted by atomic mass is 9.94. The standard InChI is InChI=1S/C24H31N3O3S.C17H23ClN2O3S/c1-24(2,3)23-25-21-16-20(31(28,29)26(4)19-8-6-5-7-9-19)10-11-22(21)27(23)17-18-12-14-30-15-13-18;1-17(2,3)16-19-14-10-13(24(18,21)22)4-5-15(14)20(16)11-12-6-8-23-9-7-12/h5-11,16,18H,12-15,17H2,1-4H3;4-5,10,12H,6-9,11H2,1-3H3. The highest BCUT2D eigenvalue weighted by Crippen LogP contribution is 2.33. The molecule has 2 aliphatic heterocycles. The van der Waals surface area contributed by atoms with Crippen LogP contribution in [0.3, 0.4) is 0 Å². The quantitative estimate of drug-likeness (QED) is 0.144. The summed E-state index contributed by atoms with van der Waals surface area (Å²) >= 11 is 0. The molecule has 298 valence electrons. The molecule has 11 nitrogen and oxygen atoms in total. The van der Waals surface area contributed by atoms with Gasteiger partial charge < -0.3 is 18.6 Å². The van der Waals surface area contributed by atoms with Gasteiger partial charge in [-0.15, -0.1) is 0 Å². The van der Waals surface area contributed by atoms with E-state index in [1.165, 1.54) is 4.31 Å². The zero-order valence-corrected chi connectivity index (χ0v) is 35.3. The molecule has 2 fully saturated rings. The first-order valence-electron chi connectivity index (χ1n) is 19.0. The van der Waals surface area contributed by atoms with Crippen LogP contribution in [0.4, 0.5) is 5.69 Å². The van der Waals surface area contributed by atoms with Gasteiger partial charge in [0.1, 0.15) is 11.6 Å². The normalized spacial score (nSPS) is 16.7. The number of aromatic nitrogens is 4. The average Bonchev–Trinajstić information content (AvgIpc) is 3.70. The van der Waals surface area contributed by atoms with Crippen LogP contribution in [-0.2, 0) is 52.5 Å². The number of anilines is 1. The number of sulfonamides is 1. The van der Waals surface area contributed by atoms with Crippen molar-refractivity contribution in [2.45, 2.75) is 101 Å². The molecule has 14 heteroatoms. The SMILES string of the molecule is CC(C)(C)c1nc2cc(S(=O)(=O)Cl)ccc2n1CC1CCOCC1.CN(c1ccccc1)S(=O)(=O)c1ccc2c(c1)nc(C(C)(C)C)n2CC1CCOCC1. The van der Waals surface area contributed by atoms with Gasteiger partial charge in [0.05, 0.1) is 37.5 Å². The number of rotatable bonds is 8. The van der Waals surface area contributed by atoms with E-state index in [-0.39, 0.29) is 20.6 Å². The van der Waals surface area contributed by atoms with E-state index in [0.29, 0.717) is 23.0 Å². The van der Waals surface area contributed by atoms with Crippen molar-refractivity contribution in [1.82, 2.24) is 19.1 Å². The van der Waals surface area contributed by atoms with Crippen molar-refractivity contribution < 1.29 is 26.3 Å². The third-order valence-corrected chi connectivity index (χ3v) is 13.5. The minimum absolute atomic E-state index is 0.0906. The summed E-state index contributed by atoms with van der Waals surface area (Å²) in [5.41, 5.74) is 3.68. The van der Waals surface area contributed by atoms with Crippen LogP contribution in [0.2, 0.25) is 0 Å². The van der Waals surface area contributed by atoms with Crippen molar-refractivity contribution in [2.24, 2.45) is 11.8 Å². The number of hydrogen-bond donors (Lipinski definition) is 0. The fourth-order valence-corrected chi connectivity index (χ4v) is 9.34. The van der Waals surface area contributed by atoms with Gasteiger partial charge in [-0.1, -0.05) is 59.7 Å². The molecule has 0 radical (unpaired) electrons. The van der Waals surface area contributed by atoms with Gasteiger partial charge in [-0.25, -0.2) is 26.8 Å². The van der Waals surface area contributed by atoms with Gasteiger partial charge in [0.15, 0.2) is 0 Å². The van der Waals surface area contributed by atoms with Gasteiger partial charge in [-0.2, -0.15) is 0 Å². The van der Waals surface area contributed by atoms with Crippen molar-refractivity contribution in [1.29, 1.82) is 0 Å². The Balaban J connectivity index is 0.000000193. The molecule has 0 saturated carbocycles. The average molecular weight is 812 g/mol. The molecule has 2 aromatic heterocycles. The summed E-state index contributed by atoms with van der Waals surface area (Å²) in [5, 5.41) is 0. The Hall–Kier alpha value is -3.49. The van der Waals surface area contributed by atoms with Crippen LogP contribution in [-0.4, -0.2) is 69.4 Å². The van der Waals surface area contributed by atoms with Gasteiger partial charge >= 0.3 is 0 Å². The zero-order valence-electron chi connectivity index (χ0n) is 33.0. The molecule has 3 aromatic carbocycles. The first-order valence-corrected chi connectivity index (χ1v) is 22.7. The van der Waals surface area contributed by atoms with Crippen LogP contribution >= 0.6 is 10.7 Å². The minimum atomic E-state index is -3.75. The molecule has 0 spiro atoms. The minimum Gasteiger partial charge on any atom is -0.381 e. The first kappa shape index (κ1) is 41.2. The maximum absolute atomic E-state index is 13.3. The molecule has 0 atom stereocenters. The third-order valence-electron chi connectivity index (χ3n) is 10.4. The lowest BCUT2D eigenvalue weighted by Crippen LogP contribution is -2.26. The Kier molecular flexibility index (Phi) is 12.1. The van der Waals surface area contributed by atoms with E-state index >= 15 is 0 Å². The number of imidazole rings is 2. The van der Waals surface area contributed by atoms with Crippen molar-refractivity contribution in [3.8, 4) is 0 Å². The molecule has 7 rings (SSSR count). The summed E-state index contributed by atoms with van der Waals surface area (Å²) in [6.07, 6.45) is 4.16. The molecular weight excluding hydrogens is 758 g/mol. The number of fused-ring (bicyclic) bond motifs is 2. The summed E-state index contributed by atoms with van der Waals surface area (Å²) < 4.78 is 66.5. The van der Waals surface area contributed by atoms with Crippen molar-refractivity contribution in [3.05, 3.63) is 78.4 Å². The highest BCUT2D eigenvalue weighted by Gasteiger charge is 2.29. The fraction of sp³-hybridized carbons (Fsp3) is 0.512. The predicted octanol–water partition coefficient (Wildman–Crippen LogP) is 8.27. The van der Waals surface area contributed by atoms with Crippen LogP contribution in [0.15, 0.2) is 76.5 Å². The van der Waals surface area contributed by atoms with Gasteiger partial charge in [0, 0.05) is 68.1 Å². The van der Waals surface area contributed by atoms with Crippen LogP contribution in [0.25, 0.3) is 22.1 Å². The van der Waals surface area contributed by atoms with Crippen LogP contribution in [0, 0.1) is 11.8 Å². The van der Waals surface area contributed by atoms with Crippen molar-refractivity contribution in [2.75, 3.05) is 37.8 Å². The predicted molar refractivity (Wildman–Crippen MR) is 219 cm³/mol. The van der Waals surface area contributed by atoms with Crippen molar-refractivity contribution in [3.63, 3.8) is 0 Å². The molecule has 0 amide bonds. The van der Waals surface area contributed by atoms with Gasteiger partial charge in [0.2, 0.25) is 0 Å². The molecule has 55 heavy (non-hydrogen) atoms. The summed E-state index contributed by atoms with van der Waals surface area (Å²) in [7, 11) is -0.379. The Morgan fingerprint density at radius 3 is 1.51 bits per heavy atom. The summed E-state index contributed by atoms with van der Waals surface area (Å²) in [4.78, 5) is 9.98. The van der Waals surface area contributed by atoms with E-state index in [0.717, 1.165) is 93.4 Å². The first-order chi connectivity index (χ1) is 25.8. The molecule has 2 aliphatic rings.